The number of rotatable bonds is 7. The summed E-state index contributed by atoms with van der Waals surface area (Å²) in [4.78, 5) is 20.1. The third-order valence-corrected chi connectivity index (χ3v) is 7.10. The highest BCUT2D eigenvalue weighted by molar-refractivity contribution is 7.07. The van der Waals surface area contributed by atoms with Crippen LogP contribution < -0.4 is 4.80 Å². The summed E-state index contributed by atoms with van der Waals surface area (Å²) in [5.74, 6) is 1.52. The van der Waals surface area contributed by atoms with Crippen LogP contribution in [0.4, 0.5) is 5.69 Å². The summed E-state index contributed by atoms with van der Waals surface area (Å²) in [7, 11) is 0. The zero-order valence-corrected chi connectivity index (χ0v) is 20.0. The number of nitrogens with zero attached hydrogens (tertiary/aromatic N) is 3. The van der Waals surface area contributed by atoms with Gasteiger partial charge in [0.15, 0.2) is 10.6 Å². The number of aromatic nitrogens is 1. The van der Waals surface area contributed by atoms with Crippen molar-refractivity contribution in [2.24, 2.45) is 4.99 Å². The van der Waals surface area contributed by atoms with Crippen LogP contribution in [0.5, 0.6) is 0 Å². The molecule has 1 saturated heterocycles. The standard InChI is InChI=1S/C27H29N3O2S/c1-19(2)21-10-4-5-11-22(21)28-27-30(16-8-15-29-14-7-13-26(29)31)23(18-33-27)25-17-20-9-3-6-12-24(20)32-25/h3-6,9-12,17-19H,7-8,13-16H2,1-2H3. The Balaban J connectivity index is 1.54. The molecule has 0 atom stereocenters. The van der Waals surface area contributed by atoms with E-state index in [1.807, 2.05) is 29.2 Å². The molecule has 1 fully saturated rings. The molecule has 5 nitrogen and oxygen atoms in total. The Morgan fingerprint density at radius 3 is 2.70 bits per heavy atom. The molecule has 0 radical (unpaired) electrons. The predicted octanol–water partition coefficient (Wildman–Crippen LogP) is 6.33. The van der Waals surface area contributed by atoms with Gasteiger partial charge in [0, 0.05) is 36.8 Å². The van der Waals surface area contributed by atoms with E-state index in [4.69, 9.17) is 9.41 Å². The van der Waals surface area contributed by atoms with Crippen LogP contribution in [0.3, 0.4) is 0 Å². The lowest BCUT2D eigenvalue weighted by molar-refractivity contribution is -0.127. The molecule has 5 rings (SSSR count). The number of amides is 1. The molecule has 3 heterocycles. The summed E-state index contributed by atoms with van der Waals surface area (Å²) in [6, 6.07) is 18.5. The normalized spacial score (nSPS) is 14.8. The fourth-order valence-corrected chi connectivity index (χ4v) is 5.41. The number of carbonyl (C=O) groups is 1. The molecule has 0 unspecified atom stereocenters. The molecular formula is C27H29N3O2S. The first-order valence-electron chi connectivity index (χ1n) is 11.7. The second-order valence-electron chi connectivity index (χ2n) is 8.87. The molecule has 1 aliphatic rings. The third kappa shape index (κ3) is 4.53. The number of furan rings is 1. The Labute approximate surface area is 198 Å². The van der Waals surface area contributed by atoms with Crippen molar-refractivity contribution >= 4 is 33.9 Å². The van der Waals surface area contributed by atoms with Gasteiger partial charge in [-0.1, -0.05) is 50.2 Å². The largest absolute Gasteiger partial charge is 0.454 e. The first kappa shape index (κ1) is 21.7. The number of hydrogen-bond acceptors (Lipinski definition) is 4. The van der Waals surface area contributed by atoms with Crippen LogP contribution in [0.25, 0.3) is 22.4 Å². The van der Waals surface area contributed by atoms with Crippen molar-refractivity contribution in [2.75, 3.05) is 13.1 Å². The SMILES string of the molecule is CC(C)c1ccccc1N=c1scc(-c2cc3ccccc3o2)n1CCCN1CCCC1=O. The van der Waals surface area contributed by atoms with Crippen molar-refractivity contribution in [1.82, 2.24) is 9.47 Å². The summed E-state index contributed by atoms with van der Waals surface area (Å²) < 4.78 is 8.45. The Hall–Kier alpha value is -3.12. The molecule has 6 heteroatoms. The molecular weight excluding hydrogens is 430 g/mol. The number of benzene rings is 2. The molecule has 0 aliphatic carbocycles. The second kappa shape index (κ2) is 9.40. The zero-order valence-electron chi connectivity index (χ0n) is 19.2. The second-order valence-corrected chi connectivity index (χ2v) is 9.70. The maximum atomic E-state index is 12.1. The minimum atomic E-state index is 0.276. The maximum Gasteiger partial charge on any atom is 0.222 e. The van der Waals surface area contributed by atoms with Gasteiger partial charge in [0.25, 0.3) is 0 Å². The summed E-state index contributed by atoms with van der Waals surface area (Å²) >= 11 is 1.64. The lowest BCUT2D eigenvalue weighted by Gasteiger charge is -2.16. The molecule has 0 spiro atoms. The van der Waals surface area contributed by atoms with Crippen LogP contribution in [-0.4, -0.2) is 28.5 Å². The van der Waals surface area contributed by atoms with Crippen LogP contribution in [0.15, 0.2) is 69.4 Å². The molecule has 1 aliphatic heterocycles. The Morgan fingerprint density at radius 2 is 1.91 bits per heavy atom. The van der Waals surface area contributed by atoms with Crippen LogP contribution in [0.1, 0.15) is 44.6 Å². The van der Waals surface area contributed by atoms with Crippen molar-refractivity contribution in [3.8, 4) is 11.5 Å². The Morgan fingerprint density at radius 1 is 1.09 bits per heavy atom. The maximum absolute atomic E-state index is 12.1. The average molecular weight is 460 g/mol. The van der Waals surface area contributed by atoms with E-state index in [-0.39, 0.29) is 5.91 Å². The molecule has 0 saturated carbocycles. The Kier molecular flexibility index (Phi) is 6.18. The van der Waals surface area contributed by atoms with Gasteiger partial charge in [0.2, 0.25) is 5.91 Å². The van der Waals surface area contributed by atoms with Crippen molar-refractivity contribution in [3.63, 3.8) is 0 Å². The van der Waals surface area contributed by atoms with Gasteiger partial charge >= 0.3 is 0 Å². The van der Waals surface area contributed by atoms with Gasteiger partial charge in [-0.15, -0.1) is 11.3 Å². The van der Waals surface area contributed by atoms with Gasteiger partial charge < -0.3 is 13.9 Å². The predicted molar refractivity (Wildman–Crippen MR) is 134 cm³/mol. The van der Waals surface area contributed by atoms with Gasteiger partial charge in [-0.3, -0.25) is 4.79 Å². The monoisotopic (exact) mass is 459 g/mol. The lowest BCUT2D eigenvalue weighted by Crippen LogP contribution is -2.27. The topological polar surface area (TPSA) is 50.7 Å². The molecule has 2 aromatic heterocycles. The van der Waals surface area contributed by atoms with Crippen LogP contribution in [0.2, 0.25) is 0 Å². The highest BCUT2D eigenvalue weighted by Gasteiger charge is 2.20. The number of hydrogen-bond donors (Lipinski definition) is 0. The molecule has 170 valence electrons. The van der Waals surface area contributed by atoms with Crippen molar-refractivity contribution < 1.29 is 9.21 Å². The molecule has 33 heavy (non-hydrogen) atoms. The summed E-state index contributed by atoms with van der Waals surface area (Å²) in [6.07, 6.45) is 2.54. The average Bonchev–Trinajstić information content (AvgIpc) is 3.53. The molecule has 0 bridgehead atoms. The van der Waals surface area contributed by atoms with E-state index in [2.05, 4.69) is 54.1 Å². The van der Waals surface area contributed by atoms with E-state index in [0.717, 1.165) is 65.4 Å². The molecule has 1 amide bonds. The van der Waals surface area contributed by atoms with E-state index in [9.17, 15) is 4.79 Å². The van der Waals surface area contributed by atoms with Crippen LogP contribution in [-0.2, 0) is 11.3 Å². The van der Waals surface area contributed by atoms with Gasteiger partial charge in [-0.25, -0.2) is 4.99 Å². The number of likely N-dealkylation sites (tertiary alicyclic amines) is 1. The van der Waals surface area contributed by atoms with Gasteiger partial charge in [-0.2, -0.15) is 0 Å². The van der Waals surface area contributed by atoms with Gasteiger partial charge in [0.1, 0.15) is 5.58 Å². The smallest absolute Gasteiger partial charge is 0.222 e. The van der Waals surface area contributed by atoms with E-state index >= 15 is 0 Å². The highest BCUT2D eigenvalue weighted by atomic mass is 32.1. The molecule has 2 aromatic carbocycles. The first-order valence-corrected chi connectivity index (χ1v) is 12.6. The zero-order chi connectivity index (χ0) is 22.8. The van der Waals surface area contributed by atoms with E-state index < -0.39 is 0 Å². The quantitative estimate of drug-likeness (QED) is 0.324. The van der Waals surface area contributed by atoms with Crippen molar-refractivity contribution in [1.29, 1.82) is 0 Å². The lowest BCUT2D eigenvalue weighted by atomic mass is 10.0. The van der Waals surface area contributed by atoms with Crippen molar-refractivity contribution in [3.05, 3.63) is 70.3 Å². The molecule has 4 aromatic rings. The number of para-hydroxylation sites is 2. The Bertz CT molecular complexity index is 1310. The van der Waals surface area contributed by atoms with Gasteiger partial charge in [-0.05, 0) is 42.5 Å². The highest BCUT2D eigenvalue weighted by Crippen LogP contribution is 2.30. The van der Waals surface area contributed by atoms with E-state index in [1.54, 1.807) is 11.3 Å². The summed E-state index contributed by atoms with van der Waals surface area (Å²) in [5.41, 5.74) is 4.17. The fourth-order valence-electron chi connectivity index (χ4n) is 4.48. The van der Waals surface area contributed by atoms with Crippen LogP contribution in [0, 0.1) is 0 Å². The fraction of sp³-hybridized carbons (Fsp3) is 0.333. The van der Waals surface area contributed by atoms with E-state index in [0.29, 0.717) is 12.3 Å². The van der Waals surface area contributed by atoms with Crippen molar-refractivity contribution in [2.45, 2.75) is 45.6 Å². The minimum Gasteiger partial charge on any atom is -0.454 e. The minimum absolute atomic E-state index is 0.276. The van der Waals surface area contributed by atoms with E-state index in [1.165, 1.54) is 5.56 Å². The van der Waals surface area contributed by atoms with Crippen LogP contribution >= 0.6 is 11.3 Å². The third-order valence-electron chi connectivity index (χ3n) is 6.23. The molecule has 0 N–H and O–H groups in total. The summed E-state index contributed by atoms with van der Waals surface area (Å²) in [6.45, 7) is 6.83. The number of thiazole rings is 1. The first-order chi connectivity index (χ1) is 16.1. The summed E-state index contributed by atoms with van der Waals surface area (Å²) in [5, 5.41) is 3.23. The number of carbonyl (C=O) groups excluding carboxylic acids is 1. The van der Waals surface area contributed by atoms with Gasteiger partial charge in [0.05, 0.1) is 11.4 Å². The number of fused-ring (bicyclic) bond motifs is 1.